The Labute approximate surface area is 129 Å². The van der Waals surface area contributed by atoms with Crippen molar-refractivity contribution in [1.82, 2.24) is 10.6 Å². The summed E-state index contributed by atoms with van der Waals surface area (Å²) in [6.07, 6.45) is 0. The highest BCUT2D eigenvalue weighted by atomic mass is 16.5. The van der Waals surface area contributed by atoms with E-state index in [0.717, 1.165) is 0 Å². The van der Waals surface area contributed by atoms with Gasteiger partial charge in [-0.05, 0) is 0 Å². The average Bonchev–Trinajstić information content (AvgIpc) is 2.50. The zero-order valence-corrected chi connectivity index (χ0v) is 12.6. The summed E-state index contributed by atoms with van der Waals surface area (Å²) in [6.45, 7) is 2.94. The van der Waals surface area contributed by atoms with E-state index in [1.54, 1.807) is 0 Å². The van der Waals surface area contributed by atoms with E-state index in [0.29, 0.717) is 52.8 Å². The van der Waals surface area contributed by atoms with Gasteiger partial charge in [-0.3, -0.25) is 9.59 Å². The fourth-order valence-electron chi connectivity index (χ4n) is 1.46. The number of hydrogen-bond donors (Lipinski definition) is 2. The van der Waals surface area contributed by atoms with Crippen molar-refractivity contribution in [3.63, 3.8) is 0 Å². The molecule has 0 unspecified atom stereocenters. The quantitative estimate of drug-likeness (QED) is 0.547. The Bertz CT molecular complexity index is 261. The lowest BCUT2D eigenvalue weighted by molar-refractivity contribution is -0.128. The summed E-state index contributed by atoms with van der Waals surface area (Å²) >= 11 is 0. The summed E-state index contributed by atoms with van der Waals surface area (Å²) in [4.78, 5) is 22.7. The van der Waals surface area contributed by atoms with Crippen LogP contribution in [0.2, 0.25) is 0 Å². The standard InChI is InChI=1S/C13H24N2O7/c16-12-9-20-6-3-19-4-7-21-10-13(17)15-11-22-8-5-18-2-1-14-12/h1-11H2,(H,14,16)(H,15,17). The molecule has 0 saturated carbocycles. The number of amides is 2. The molecule has 1 heterocycles. The summed E-state index contributed by atoms with van der Waals surface area (Å²) in [7, 11) is 0. The van der Waals surface area contributed by atoms with Crippen LogP contribution >= 0.6 is 0 Å². The molecule has 0 aromatic carbocycles. The lowest BCUT2D eigenvalue weighted by Crippen LogP contribution is -2.32. The number of carbonyl (C=O) groups excluding carboxylic acids is 2. The molecule has 1 aliphatic heterocycles. The lowest BCUT2D eigenvalue weighted by Gasteiger charge is -2.10. The normalized spacial score (nSPS) is 22.4. The molecule has 0 radical (unpaired) electrons. The SMILES string of the molecule is O=C1COCCOCCOCC(=O)NCOCCOCCN1. The molecule has 9 nitrogen and oxygen atoms in total. The van der Waals surface area contributed by atoms with Gasteiger partial charge in [-0.15, -0.1) is 0 Å². The van der Waals surface area contributed by atoms with Crippen molar-refractivity contribution in [3.05, 3.63) is 0 Å². The van der Waals surface area contributed by atoms with Crippen LogP contribution < -0.4 is 10.6 Å². The fraction of sp³-hybridized carbons (Fsp3) is 0.846. The van der Waals surface area contributed by atoms with E-state index >= 15 is 0 Å². The first-order valence-corrected chi connectivity index (χ1v) is 7.21. The average molecular weight is 320 g/mol. The Balaban J connectivity index is 2.17. The third-order valence-corrected chi connectivity index (χ3v) is 2.52. The van der Waals surface area contributed by atoms with Gasteiger partial charge < -0.3 is 34.3 Å². The molecule has 9 heteroatoms. The fourth-order valence-corrected chi connectivity index (χ4v) is 1.46. The van der Waals surface area contributed by atoms with Crippen LogP contribution in [-0.2, 0) is 33.3 Å². The summed E-state index contributed by atoms with van der Waals surface area (Å²) in [5.74, 6) is -0.443. The van der Waals surface area contributed by atoms with Crippen molar-refractivity contribution in [1.29, 1.82) is 0 Å². The van der Waals surface area contributed by atoms with Gasteiger partial charge in [0.25, 0.3) is 0 Å². The van der Waals surface area contributed by atoms with Gasteiger partial charge in [-0.1, -0.05) is 0 Å². The first-order valence-electron chi connectivity index (χ1n) is 7.21. The smallest absolute Gasteiger partial charge is 0.247 e. The molecule has 0 aliphatic carbocycles. The van der Waals surface area contributed by atoms with Crippen LogP contribution in [0.1, 0.15) is 0 Å². The van der Waals surface area contributed by atoms with Gasteiger partial charge in [0.1, 0.15) is 19.9 Å². The summed E-state index contributed by atoms with van der Waals surface area (Å²) in [5, 5.41) is 5.21. The van der Waals surface area contributed by atoms with Crippen molar-refractivity contribution in [2.24, 2.45) is 0 Å². The van der Waals surface area contributed by atoms with Crippen molar-refractivity contribution < 1.29 is 33.3 Å². The largest absolute Gasteiger partial charge is 0.377 e. The molecule has 0 atom stereocenters. The molecule has 22 heavy (non-hydrogen) atoms. The van der Waals surface area contributed by atoms with E-state index in [2.05, 4.69) is 10.6 Å². The highest BCUT2D eigenvalue weighted by Gasteiger charge is 2.02. The maximum Gasteiger partial charge on any atom is 0.247 e. The molecule has 2 amide bonds. The van der Waals surface area contributed by atoms with Crippen molar-refractivity contribution in [3.8, 4) is 0 Å². The van der Waals surface area contributed by atoms with Crippen molar-refractivity contribution >= 4 is 11.8 Å². The monoisotopic (exact) mass is 320 g/mol. The maximum absolute atomic E-state index is 11.4. The first kappa shape index (κ1) is 18.8. The van der Waals surface area contributed by atoms with E-state index in [1.165, 1.54) is 0 Å². The van der Waals surface area contributed by atoms with Gasteiger partial charge in [0.15, 0.2) is 0 Å². The number of carbonyl (C=O) groups is 2. The molecule has 0 aromatic heterocycles. The minimum absolute atomic E-state index is 0.0108. The Morgan fingerprint density at radius 1 is 0.591 bits per heavy atom. The van der Waals surface area contributed by atoms with E-state index in [9.17, 15) is 9.59 Å². The molecule has 1 fully saturated rings. The van der Waals surface area contributed by atoms with Crippen LogP contribution in [0.3, 0.4) is 0 Å². The number of ether oxygens (including phenoxy) is 5. The first-order chi connectivity index (χ1) is 10.8. The van der Waals surface area contributed by atoms with Gasteiger partial charge in [-0.25, -0.2) is 0 Å². The lowest BCUT2D eigenvalue weighted by atomic mass is 10.6. The zero-order chi connectivity index (χ0) is 15.9. The second kappa shape index (κ2) is 13.4. The minimum atomic E-state index is -0.249. The molecule has 1 aliphatic rings. The summed E-state index contributed by atoms with van der Waals surface area (Å²) in [6, 6.07) is 0. The van der Waals surface area contributed by atoms with Crippen LogP contribution in [0.15, 0.2) is 0 Å². The third kappa shape index (κ3) is 11.4. The third-order valence-electron chi connectivity index (χ3n) is 2.52. The number of nitrogens with one attached hydrogen (secondary N) is 2. The summed E-state index contributed by atoms with van der Waals surface area (Å²) in [5.41, 5.74) is 0. The van der Waals surface area contributed by atoms with Crippen LogP contribution in [0.25, 0.3) is 0 Å². The van der Waals surface area contributed by atoms with Crippen molar-refractivity contribution in [2.45, 2.75) is 0 Å². The molecule has 0 spiro atoms. The Morgan fingerprint density at radius 3 is 1.77 bits per heavy atom. The van der Waals surface area contributed by atoms with Gasteiger partial charge in [0, 0.05) is 6.54 Å². The molecule has 1 saturated heterocycles. The van der Waals surface area contributed by atoms with Crippen LogP contribution in [0, 0.1) is 0 Å². The molecule has 1 rings (SSSR count). The van der Waals surface area contributed by atoms with Crippen molar-refractivity contribution in [2.75, 3.05) is 72.7 Å². The Hall–Kier alpha value is -1.26. The predicted molar refractivity (Wildman–Crippen MR) is 75.2 cm³/mol. The molecular formula is C13H24N2O7. The highest BCUT2D eigenvalue weighted by Crippen LogP contribution is 1.83. The second-order valence-electron chi connectivity index (χ2n) is 4.33. The summed E-state index contributed by atoms with van der Waals surface area (Å²) < 4.78 is 25.9. The van der Waals surface area contributed by atoms with E-state index in [1.807, 2.05) is 0 Å². The minimum Gasteiger partial charge on any atom is -0.377 e. The Morgan fingerprint density at radius 2 is 1.09 bits per heavy atom. The number of rotatable bonds is 0. The zero-order valence-electron chi connectivity index (χ0n) is 12.6. The molecule has 2 N–H and O–H groups in total. The Kier molecular flexibility index (Phi) is 11.4. The van der Waals surface area contributed by atoms with Crippen LogP contribution in [-0.4, -0.2) is 84.6 Å². The maximum atomic E-state index is 11.4. The van der Waals surface area contributed by atoms with E-state index in [4.69, 9.17) is 23.7 Å². The predicted octanol–water partition coefficient (Wildman–Crippen LogP) is -1.73. The number of hydrogen-bond acceptors (Lipinski definition) is 7. The van der Waals surface area contributed by atoms with E-state index < -0.39 is 0 Å². The van der Waals surface area contributed by atoms with E-state index in [-0.39, 0.29) is 31.8 Å². The van der Waals surface area contributed by atoms with Gasteiger partial charge >= 0.3 is 0 Å². The van der Waals surface area contributed by atoms with Gasteiger partial charge in [0.2, 0.25) is 11.8 Å². The highest BCUT2D eigenvalue weighted by molar-refractivity contribution is 5.77. The molecule has 0 bridgehead atoms. The van der Waals surface area contributed by atoms with Crippen LogP contribution in [0.5, 0.6) is 0 Å². The second-order valence-corrected chi connectivity index (χ2v) is 4.33. The molecule has 128 valence electrons. The van der Waals surface area contributed by atoms with Gasteiger partial charge in [0.05, 0.1) is 46.2 Å². The topological polar surface area (TPSA) is 104 Å². The van der Waals surface area contributed by atoms with Gasteiger partial charge in [-0.2, -0.15) is 0 Å². The van der Waals surface area contributed by atoms with Crippen LogP contribution in [0.4, 0.5) is 0 Å². The molecule has 0 aromatic rings. The molecular weight excluding hydrogens is 296 g/mol.